The van der Waals surface area contributed by atoms with Crippen molar-refractivity contribution in [2.45, 2.75) is 20.3 Å². The van der Waals surface area contributed by atoms with E-state index < -0.39 is 0 Å². The predicted molar refractivity (Wildman–Crippen MR) is 102 cm³/mol. The molecule has 1 aliphatic carbocycles. The lowest BCUT2D eigenvalue weighted by atomic mass is 9.99. The molecule has 0 amide bonds. The van der Waals surface area contributed by atoms with Crippen molar-refractivity contribution in [3.63, 3.8) is 0 Å². The lowest BCUT2D eigenvalue weighted by molar-refractivity contribution is 0.190. The molecule has 2 aliphatic rings. The van der Waals surface area contributed by atoms with E-state index in [1.807, 2.05) is 0 Å². The summed E-state index contributed by atoms with van der Waals surface area (Å²) in [5, 5.41) is 0. The molecule has 0 radical (unpaired) electrons. The van der Waals surface area contributed by atoms with Gasteiger partial charge >= 0.3 is 0 Å². The Morgan fingerprint density at radius 3 is 2.67 bits per heavy atom. The number of hydrogen-bond donors (Lipinski definition) is 0. The van der Waals surface area contributed by atoms with Crippen LogP contribution in [0.1, 0.15) is 23.9 Å². The molecule has 0 bridgehead atoms. The number of rotatable bonds is 4. The first-order valence-corrected chi connectivity index (χ1v) is 8.72. The largest absolute Gasteiger partial charge is 0.369 e. The van der Waals surface area contributed by atoms with E-state index in [0.717, 1.165) is 44.0 Å². The summed E-state index contributed by atoms with van der Waals surface area (Å²) in [6, 6.07) is 4.30. The molecule has 0 unspecified atom stereocenters. The highest BCUT2D eigenvalue weighted by atomic mass is 15.2. The molecule has 0 aromatic carbocycles. The standard InChI is InChI=1S/C21H27N3/c1-5-6-18(15-17(3)24-13-11-23(4)12-14-24)19-9-10-21-20(19)8-7-16(2)22-21/h5-9,15H,3,10-14H2,1-2,4H3/b6-5-,18-15+. The Hall–Kier alpha value is -2.13. The summed E-state index contributed by atoms with van der Waals surface area (Å²) in [5.41, 5.74) is 7.14. The van der Waals surface area contributed by atoms with Crippen LogP contribution in [0, 0.1) is 6.92 Å². The predicted octanol–water partition coefficient (Wildman–Crippen LogP) is 3.59. The van der Waals surface area contributed by atoms with Gasteiger partial charge in [0.15, 0.2) is 0 Å². The molecule has 0 spiro atoms. The van der Waals surface area contributed by atoms with Gasteiger partial charge in [0.1, 0.15) is 0 Å². The smallest absolute Gasteiger partial charge is 0.0523 e. The van der Waals surface area contributed by atoms with E-state index in [0.29, 0.717) is 0 Å². The summed E-state index contributed by atoms with van der Waals surface area (Å²) < 4.78 is 0. The Labute approximate surface area is 145 Å². The zero-order valence-electron chi connectivity index (χ0n) is 15.0. The summed E-state index contributed by atoms with van der Waals surface area (Å²) in [7, 11) is 2.18. The van der Waals surface area contributed by atoms with E-state index in [1.165, 1.54) is 22.4 Å². The molecule has 2 heterocycles. The van der Waals surface area contributed by atoms with Crippen molar-refractivity contribution in [2.75, 3.05) is 33.2 Å². The number of likely N-dealkylation sites (N-methyl/N-ethyl adjacent to an activating group) is 1. The Morgan fingerprint density at radius 2 is 1.96 bits per heavy atom. The van der Waals surface area contributed by atoms with Crippen LogP contribution in [0.2, 0.25) is 0 Å². The Balaban J connectivity index is 1.85. The third-order valence-electron chi connectivity index (χ3n) is 4.79. The molecule has 3 nitrogen and oxygen atoms in total. The minimum Gasteiger partial charge on any atom is -0.369 e. The number of aromatic nitrogens is 1. The van der Waals surface area contributed by atoms with E-state index in [9.17, 15) is 0 Å². The van der Waals surface area contributed by atoms with E-state index in [2.05, 4.69) is 78.7 Å². The highest BCUT2D eigenvalue weighted by Crippen LogP contribution is 2.33. The van der Waals surface area contributed by atoms with Gasteiger partial charge in [-0.2, -0.15) is 0 Å². The molecular weight excluding hydrogens is 294 g/mol. The Bertz CT molecular complexity index is 717. The molecule has 126 valence electrons. The van der Waals surface area contributed by atoms with Crippen molar-refractivity contribution in [1.82, 2.24) is 14.8 Å². The molecular formula is C21H27N3. The van der Waals surface area contributed by atoms with E-state index in [-0.39, 0.29) is 0 Å². The first-order valence-electron chi connectivity index (χ1n) is 8.72. The van der Waals surface area contributed by atoms with Crippen molar-refractivity contribution in [3.8, 4) is 0 Å². The molecule has 1 aliphatic heterocycles. The third-order valence-corrected chi connectivity index (χ3v) is 4.79. The first-order chi connectivity index (χ1) is 11.6. The molecule has 0 saturated carbocycles. The van der Waals surface area contributed by atoms with Crippen LogP contribution in [0.15, 0.2) is 54.3 Å². The lowest BCUT2D eigenvalue weighted by Crippen LogP contribution is -2.43. The normalized spacial score (nSPS) is 18.9. The maximum Gasteiger partial charge on any atom is 0.0523 e. The summed E-state index contributed by atoms with van der Waals surface area (Å²) in [6.07, 6.45) is 9.72. The summed E-state index contributed by atoms with van der Waals surface area (Å²) in [5.74, 6) is 0. The zero-order valence-corrected chi connectivity index (χ0v) is 15.0. The molecule has 3 heteroatoms. The van der Waals surface area contributed by atoms with Gasteiger partial charge in [-0.05, 0) is 44.2 Å². The quantitative estimate of drug-likeness (QED) is 0.790. The van der Waals surface area contributed by atoms with Gasteiger partial charge in [0.2, 0.25) is 0 Å². The number of piperazine rings is 1. The van der Waals surface area contributed by atoms with E-state index in [1.54, 1.807) is 0 Å². The van der Waals surface area contributed by atoms with Crippen LogP contribution in [-0.2, 0) is 6.42 Å². The fraction of sp³-hybridized carbons (Fsp3) is 0.381. The molecule has 24 heavy (non-hydrogen) atoms. The number of allylic oxidation sites excluding steroid dienone is 6. The van der Waals surface area contributed by atoms with Crippen LogP contribution in [0.25, 0.3) is 5.57 Å². The third kappa shape index (κ3) is 3.51. The maximum atomic E-state index is 4.68. The summed E-state index contributed by atoms with van der Waals surface area (Å²) in [4.78, 5) is 9.43. The minimum absolute atomic E-state index is 0.919. The van der Waals surface area contributed by atoms with Crippen LogP contribution in [0.3, 0.4) is 0 Å². The van der Waals surface area contributed by atoms with Crippen molar-refractivity contribution in [1.29, 1.82) is 0 Å². The number of fused-ring (bicyclic) bond motifs is 1. The molecule has 0 atom stereocenters. The van der Waals surface area contributed by atoms with Gasteiger partial charge in [0.05, 0.1) is 5.69 Å². The highest BCUT2D eigenvalue weighted by molar-refractivity contribution is 5.86. The van der Waals surface area contributed by atoms with Crippen molar-refractivity contribution in [3.05, 3.63) is 71.2 Å². The zero-order chi connectivity index (χ0) is 17.1. The van der Waals surface area contributed by atoms with Crippen LogP contribution in [0.5, 0.6) is 0 Å². The second-order valence-corrected chi connectivity index (χ2v) is 6.65. The van der Waals surface area contributed by atoms with Crippen molar-refractivity contribution >= 4 is 5.57 Å². The lowest BCUT2D eigenvalue weighted by Gasteiger charge is -2.34. The van der Waals surface area contributed by atoms with Gasteiger partial charge < -0.3 is 9.80 Å². The van der Waals surface area contributed by atoms with E-state index >= 15 is 0 Å². The average Bonchev–Trinajstić information content (AvgIpc) is 2.97. The van der Waals surface area contributed by atoms with Crippen LogP contribution in [0.4, 0.5) is 0 Å². The Kier molecular flexibility index (Phi) is 5.00. The van der Waals surface area contributed by atoms with Crippen molar-refractivity contribution in [2.24, 2.45) is 0 Å². The van der Waals surface area contributed by atoms with Gasteiger partial charge in [0.25, 0.3) is 0 Å². The van der Waals surface area contributed by atoms with Gasteiger partial charge in [-0.25, -0.2) is 0 Å². The SMILES string of the molecule is C=C(/C=C(\C=C/C)C1=CCc2nc(C)ccc21)N1CCN(C)CC1. The monoisotopic (exact) mass is 321 g/mol. The second-order valence-electron chi connectivity index (χ2n) is 6.65. The molecule has 1 aromatic rings. The van der Waals surface area contributed by atoms with Crippen LogP contribution < -0.4 is 0 Å². The van der Waals surface area contributed by atoms with Crippen LogP contribution in [-0.4, -0.2) is 48.0 Å². The van der Waals surface area contributed by atoms with Gasteiger partial charge in [0, 0.05) is 49.6 Å². The summed E-state index contributed by atoms with van der Waals surface area (Å²) in [6.45, 7) is 12.7. The second kappa shape index (κ2) is 7.18. The average molecular weight is 321 g/mol. The van der Waals surface area contributed by atoms with Crippen molar-refractivity contribution < 1.29 is 0 Å². The molecule has 1 aromatic heterocycles. The number of hydrogen-bond acceptors (Lipinski definition) is 3. The number of nitrogens with zero attached hydrogens (tertiary/aromatic N) is 3. The molecule has 1 saturated heterocycles. The topological polar surface area (TPSA) is 19.4 Å². The molecule has 1 fully saturated rings. The van der Waals surface area contributed by atoms with E-state index in [4.69, 9.17) is 0 Å². The first kappa shape index (κ1) is 16.7. The molecule has 0 N–H and O–H groups in total. The Morgan fingerprint density at radius 1 is 1.21 bits per heavy atom. The fourth-order valence-electron chi connectivity index (χ4n) is 3.35. The summed E-state index contributed by atoms with van der Waals surface area (Å²) >= 11 is 0. The number of aryl methyl sites for hydroxylation is 1. The highest BCUT2D eigenvalue weighted by Gasteiger charge is 2.19. The van der Waals surface area contributed by atoms with Gasteiger partial charge in [-0.15, -0.1) is 0 Å². The van der Waals surface area contributed by atoms with Crippen LogP contribution >= 0.6 is 0 Å². The maximum absolute atomic E-state index is 4.68. The number of pyridine rings is 1. The fourth-order valence-corrected chi connectivity index (χ4v) is 3.35. The van der Waals surface area contributed by atoms with Gasteiger partial charge in [-0.1, -0.05) is 30.9 Å². The van der Waals surface area contributed by atoms with Gasteiger partial charge in [-0.3, -0.25) is 4.98 Å². The minimum atomic E-state index is 0.919. The molecule has 3 rings (SSSR count).